The SMILES string of the molecule is CC.CCc1cc2c(=O)c(C(=O)O)c[nH]c2cn1. The van der Waals surface area contributed by atoms with Gasteiger partial charge < -0.3 is 10.1 Å². The molecule has 2 N–H and O–H groups in total. The Labute approximate surface area is 105 Å². The monoisotopic (exact) mass is 248 g/mol. The summed E-state index contributed by atoms with van der Waals surface area (Å²) in [5, 5.41) is 9.18. The minimum Gasteiger partial charge on any atom is -0.477 e. The molecular formula is C13H16N2O3. The Morgan fingerprint density at radius 2 is 2.11 bits per heavy atom. The number of hydrogen-bond acceptors (Lipinski definition) is 3. The molecule has 2 aromatic rings. The summed E-state index contributed by atoms with van der Waals surface area (Å²) in [5.74, 6) is -1.22. The van der Waals surface area contributed by atoms with Crippen LogP contribution >= 0.6 is 0 Å². The van der Waals surface area contributed by atoms with Gasteiger partial charge in [0.15, 0.2) is 0 Å². The van der Waals surface area contributed by atoms with Crippen molar-refractivity contribution in [1.82, 2.24) is 9.97 Å². The number of aryl methyl sites for hydroxylation is 1. The highest BCUT2D eigenvalue weighted by molar-refractivity contribution is 5.92. The number of nitrogens with zero attached hydrogens (tertiary/aromatic N) is 1. The first-order valence-electron chi connectivity index (χ1n) is 5.87. The van der Waals surface area contributed by atoms with Crippen molar-refractivity contribution in [2.24, 2.45) is 0 Å². The summed E-state index contributed by atoms with van der Waals surface area (Å²) < 4.78 is 0. The van der Waals surface area contributed by atoms with Crippen LogP contribution in [0.25, 0.3) is 10.9 Å². The fraction of sp³-hybridized carbons (Fsp3) is 0.308. The number of carboxylic acid groups (broad SMARTS) is 1. The molecule has 0 atom stereocenters. The van der Waals surface area contributed by atoms with E-state index in [1.165, 1.54) is 6.20 Å². The predicted octanol–water partition coefficient (Wildman–Crippen LogP) is 2.21. The molecule has 2 heterocycles. The molecule has 0 saturated heterocycles. The quantitative estimate of drug-likeness (QED) is 0.853. The number of aromatic carboxylic acids is 1. The Bertz CT molecular complexity index is 617. The van der Waals surface area contributed by atoms with E-state index < -0.39 is 11.4 Å². The maximum absolute atomic E-state index is 11.8. The Balaban J connectivity index is 0.000000771. The van der Waals surface area contributed by atoms with Gasteiger partial charge in [-0.2, -0.15) is 0 Å². The standard InChI is InChI=1S/C11H10N2O3.C2H6/c1-2-6-3-7-9(5-12-6)13-4-8(10(7)14)11(15)16;1-2/h3-5H,2H2,1H3,(H,13,14)(H,15,16);1-2H3. The van der Waals surface area contributed by atoms with Crippen LogP contribution in [0.5, 0.6) is 0 Å². The Morgan fingerprint density at radius 1 is 1.44 bits per heavy atom. The van der Waals surface area contributed by atoms with Gasteiger partial charge in [0.2, 0.25) is 5.43 Å². The molecule has 0 unspecified atom stereocenters. The van der Waals surface area contributed by atoms with Crippen molar-refractivity contribution in [3.05, 3.63) is 39.9 Å². The number of hydrogen-bond donors (Lipinski definition) is 2. The molecule has 5 nitrogen and oxygen atoms in total. The molecule has 0 aliphatic rings. The smallest absolute Gasteiger partial charge is 0.341 e. The highest BCUT2D eigenvalue weighted by atomic mass is 16.4. The minimum atomic E-state index is -1.22. The van der Waals surface area contributed by atoms with E-state index in [1.807, 2.05) is 20.8 Å². The molecule has 0 amide bonds. The van der Waals surface area contributed by atoms with Crippen molar-refractivity contribution in [3.8, 4) is 0 Å². The lowest BCUT2D eigenvalue weighted by Gasteiger charge is -2.01. The third-order valence-electron chi connectivity index (χ3n) is 2.41. The summed E-state index contributed by atoms with van der Waals surface area (Å²) in [4.78, 5) is 29.5. The summed E-state index contributed by atoms with van der Waals surface area (Å²) in [5.41, 5.74) is 0.590. The number of fused-ring (bicyclic) bond motifs is 1. The van der Waals surface area contributed by atoms with Gasteiger partial charge in [-0.3, -0.25) is 9.78 Å². The molecule has 0 aromatic carbocycles. The zero-order valence-electron chi connectivity index (χ0n) is 10.7. The minimum absolute atomic E-state index is 0.249. The number of aromatic nitrogens is 2. The fourth-order valence-electron chi connectivity index (χ4n) is 1.51. The number of carboxylic acids is 1. The predicted molar refractivity (Wildman–Crippen MR) is 70.0 cm³/mol. The average Bonchev–Trinajstić information content (AvgIpc) is 2.41. The van der Waals surface area contributed by atoms with Crippen LogP contribution in [0.1, 0.15) is 36.8 Å². The van der Waals surface area contributed by atoms with Crippen LogP contribution in [0.2, 0.25) is 0 Å². The molecule has 0 bridgehead atoms. The van der Waals surface area contributed by atoms with E-state index in [0.29, 0.717) is 17.3 Å². The zero-order valence-corrected chi connectivity index (χ0v) is 10.7. The van der Waals surface area contributed by atoms with Gasteiger partial charge in [-0.15, -0.1) is 0 Å². The van der Waals surface area contributed by atoms with Crippen LogP contribution in [0, 0.1) is 0 Å². The van der Waals surface area contributed by atoms with Crippen LogP contribution in [0.15, 0.2) is 23.3 Å². The Kier molecular flexibility index (Phi) is 4.59. The first kappa shape index (κ1) is 13.9. The lowest BCUT2D eigenvalue weighted by Crippen LogP contribution is -2.15. The molecular weight excluding hydrogens is 232 g/mol. The van der Waals surface area contributed by atoms with Gasteiger partial charge in [0, 0.05) is 17.3 Å². The van der Waals surface area contributed by atoms with Crippen LogP contribution in [0.3, 0.4) is 0 Å². The molecule has 0 saturated carbocycles. The number of H-pyrrole nitrogens is 1. The number of aromatic amines is 1. The zero-order chi connectivity index (χ0) is 13.7. The fourth-order valence-corrected chi connectivity index (χ4v) is 1.51. The normalized spacial score (nSPS) is 9.72. The molecule has 96 valence electrons. The van der Waals surface area contributed by atoms with Crippen LogP contribution in [0.4, 0.5) is 0 Å². The van der Waals surface area contributed by atoms with Crippen molar-refractivity contribution < 1.29 is 9.90 Å². The van der Waals surface area contributed by atoms with E-state index in [9.17, 15) is 9.59 Å². The Morgan fingerprint density at radius 3 is 2.67 bits per heavy atom. The van der Waals surface area contributed by atoms with Gasteiger partial charge in [-0.25, -0.2) is 4.79 Å². The third kappa shape index (κ3) is 2.56. The van der Waals surface area contributed by atoms with Gasteiger partial charge in [0.1, 0.15) is 5.56 Å². The summed E-state index contributed by atoms with van der Waals surface area (Å²) in [6, 6.07) is 1.63. The number of pyridine rings is 2. The summed E-state index contributed by atoms with van der Waals surface area (Å²) >= 11 is 0. The third-order valence-corrected chi connectivity index (χ3v) is 2.41. The molecule has 0 fully saturated rings. The van der Waals surface area contributed by atoms with Crippen LogP contribution < -0.4 is 5.43 Å². The maximum atomic E-state index is 11.8. The lowest BCUT2D eigenvalue weighted by molar-refractivity contribution is 0.0695. The van der Waals surface area contributed by atoms with Gasteiger partial charge >= 0.3 is 5.97 Å². The molecule has 0 aliphatic heterocycles. The second kappa shape index (κ2) is 5.95. The van der Waals surface area contributed by atoms with Gasteiger partial charge in [-0.1, -0.05) is 20.8 Å². The van der Waals surface area contributed by atoms with Crippen molar-refractivity contribution in [2.45, 2.75) is 27.2 Å². The molecule has 18 heavy (non-hydrogen) atoms. The molecule has 0 aliphatic carbocycles. The van der Waals surface area contributed by atoms with E-state index in [4.69, 9.17) is 5.11 Å². The molecule has 2 rings (SSSR count). The van der Waals surface area contributed by atoms with E-state index in [2.05, 4.69) is 9.97 Å². The first-order valence-corrected chi connectivity index (χ1v) is 5.87. The second-order valence-corrected chi connectivity index (χ2v) is 3.41. The molecule has 0 radical (unpaired) electrons. The maximum Gasteiger partial charge on any atom is 0.341 e. The molecule has 5 heteroatoms. The van der Waals surface area contributed by atoms with E-state index in [0.717, 1.165) is 5.69 Å². The molecule has 0 spiro atoms. The lowest BCUT2D eigenvalue weighted by atomic mass is 10.1. The average molecular weight is 248 g/mol. The van der Waals surface area contributed by atoms with Crippen molar-refractivity contribution in [1.29, 1.82) is 0 Å². The van der Waals surface area contributed by atoms with E-state index in [-0.39, 0.29) is 5.56 Å². The Hall–Kier alpha value is -2.17. The van der Waals surface area contributed by atoms with Crippen molar-refractivity contribution in [3.63, 3.8) is 0 Å². The number of rotatable bonds is 2. The number of nitrogens with one attached hydrogen (secondary N) is 1. The second-order valence-electron chi connectivity index (χ2n) is 3.41. The highest BCUT2D eigenvalue weighted by Crippen LogP contribution is 2.08. The van der Waals surface area contributed by atoms with E-state index >= 15 is 0 Å². The summed E-state index contributed by atoms with van der Waals surface area (Å²) in [6.07, 6.45) is 3.44. The first-order chi connectivity index (χ1) is 8.63. The largest absolute Gasteiger partial charge is 0.477 e. The summed E-state index contributed by atoms with van der Waals surface area (Å²) in [6.45, 7) is 5.92. The highest BCUT2D eigenvalue weighted by Gasteiger charge is 2.11. The van der Waals surface area contributed by atoms with Gasteiger partial charge in [-0.05, 0) is 12.5 Å². The van der Waals surface area contributed by atoms with Crippen LogP contribution in [-0.2, 0) is 6.42 Å². The van der Waals surface area contributed by atoms with Crippen LogP contribution in [-0.4, -0.2) is 21.0 Å². The van der Waals surface area contributed by atoms with Crippen molar-refractivity contribution >= 4 is 16.9 Å². The van der Waals surface area contributed by atoms with Gasteiger partial charge in [0.05, 0.1) is 11.7 Å². The van der Waals surface area contributed by atoms with Gasteiger partial charge in [0.25, 0.3) is 0 Å². The number of carbonyl (C=O) groups is 1. The van der Waals surface area contributed by atoms with E-state index in [1.54, 1.807) is 12.3 Å². The van der Waals surface area contributed by atoms with Crippen molar-refractivity contribution in [2.75, 3.05) is 0 Å². The molecule has 2 aromatic heterocycles. The summed E-state index contributed by atoms with van der Waals surface area (Å²) in [7, 11) is 0. The topological polar surface area (TPSA) is 83.0 Å².